The molecule has 4 heteroatoms. The van der Waals surface area contributed by atoms with Crippen LogP contribution in [0.15, 0.2) is 36.4 Å². The number of benzene rings is 2. The lowest BCUT2D eigenvalue weighted by atomic mass is 9.40. The van der Waals surface area contributed by atoms with E-state index in [4.69, 9.17) is 9.47 Å². The van der Waals surface area contributed by atoms with Crippen LogP contribution in [-0.4, -0.2) is 11.9 Å². The molecule has 4 fully saturated rings. The van der Waals surface area contributed by atoms with Crippen LogP contribution in [0.1, 0.15) is 68.2 Å². The summed E-state index contributed by atoms with van der Waals surface area (Å²) in [5.41, 5.74) is 5.29. The van der Waals surface area contributed by atoms with Gasteiger partial charge in [-0.05, 0) is 109 Å². The fourth-order valence-corrected chi connectivity index (χ4v) is 7.81. The van der Waals surface area contributed by atoms with Crippen molar-refractivity contribution >= 4 is 11.9 Å². The fourth-order valence-electron chi connectivity index (χ4n) is 7.81. The lowest BCUT2D eigenvalue weighted by molar-refractivity contribution is -0.132. The van der Waals surface area contributed by atoms with Crippen LogP contribution in [0.2, 0.25) is 0 Å². The Hall–Kier alpha value is -2.62. The highest BCUT2D eigenvalue weighted by Crippen LogP contribution is 2.67. The molecule has 0 radical (unpaired) electrons. The highest BCUT2D eigenvalue weighted by atomic mass is 16.5. The zero-order valence-electron chi connectivity index (χ0n) is 18.1. The summed E-state index contributed by atoms with van der Waals surface area (Å²) in [5, 5.41) is 0. The number of hydrogen-bond donors (Lipinski definition) is 0. The molecule has 31 heavy (non-hydrogen) atoms. The minimum atomic E-state index is -0.285. The molecule has 0 N–H and O–H groups in total. The average molecular weight is 417 g/mol. The van der Waals surface area contributed by atoms with Crippen molar-refractivity contribution in [2.24, 2.45) is 23.7 Å². The van der Waals surface area contributed by atoms with Gasteiger partial charge in [0.2, 0.25) is 0 Å². The molecule has 0 aliphatic heterocycles. The van der Waals surface area contributed by atoms with Gasteiger partial charge in [-0.2, -0.15) is 0 Å². The van der Waals surface area contributed by atoms with Crippen molar-refractivity contribution < 1.29 is 19.1 Å². The molecule has 0 heterocycles. The van der Waals surface area contributed by atoms with E-state index in [1.54, 1.807) is 0 Å². The minimum Gasteiger partial charge on any atom is -0.427 e. The Balaban J connectivity index is 1.58. The monoisotopic (exact) mass is 416 g/mol. The topological polar surface area (TPSA) is 52.6 Å². The predicted molar refractivity (Wildman–Crippen MR) is 116 cm³/mol. The maximum absolute atomic E-state index is 11.7. The lowest BCUT2D eigenvalue weighted by Gasteiger charge is -2.63. The van der Waals surface area contributed by atoms with Gasteiger partial charge in [-0.15, -0.1) is 0 Å². The van der Waals surface area contributed by atoms with Crippen LogP contribution in [0.3, 0.4) is 0 Å². The molecule has 4 bridgehead atoms. The van der Waals surface area contributed by atoms with Gasteiger partial charge in [-0.3, -0.25) is 9.59 Å². The Morgan fingerprint density at radius 3 is 1.61 bits per heavy atom. The summed E-state index contributed by atoms with van der Waals surface area (Å²) in [6.07, 6.45) is 7.31. The molecule has 5 aliphatic rings. The van der Waals surface area contributed by atoms with E-state index in [0.717, 1.165) is 18.3 Å². The molecule has 0 unspecified atom stereocenters. The van der Waals surface area contributed by atoms with Crippen molar-refractivity contribution in [3.8, 4) is 11.5 Å². The number of fused-ring (bicyclic) bond motifs is 2. The first-order valence-corrected chi connectivity index (χ1v) is 11.6. The van der Waals surface area contributed by atoms with Crippen molar-refractivity contribution in [1.82, 2.24) is 0 Å². The number of ether oxygens (including phenoxy) is 2. The van der Waals surface area contributed by atoms with E-state index in [1.165, 1.54) is 68.2 Å². The van der Waals surface area contributed by atoms with Gasteiger partial charge in [-0.25, -0.2) is 0 Å². The Morgan fingerprint density at radius 2 is 1.19 bits per heavy atom. The fraction of sp³-hybridized carbons (Fsp3) is 0.481. The largest absolute Gasteiger partial charge is 0.427 e. The quantitative estimate of drug-likeness (QED) is 0.500. The molecule has 4 saturated carbocycles. The van der Waals surface area contributed by atoms with Gasteiger partial charge in [0.05, 0.1) is 0 Å². The van der Waals surface area contributed by atoms with E-state index in [2.05, 4.69) is 24.3 Å². The first-order valence-electron chi connectivity index (χ1n) is 11.6. The Labute approximate surface area is 182 Å². The Bertz CT molecular complexity index is 1000. The van der Waals surface area contributed by atoms with Gasteiger partial charge < -0.3 is 9.47 Å². The summed E-state index contributed by atoms with van der Waals surface area (Å²) in [7, 11) is 0. The third kappa shape index (κ3) is 2.80. The van der Waals surface area contributed by atoms with Crippen LogP contribution in [0, 0.1) is 23.7 Å². The minimum absolute atomic E-state index is 0.0807. The molecule has 2 aromatic rings. The van der Waals surface area contributed by atoms with Crippen LogP contribution in [-0.2, 0) is 21.4 Å². The summed E-state index contributed by atoms with van der Waals surface area (Å²) < 4.78 is 11.0. The zero-order valence-corrected chi connectivity index (χ0v) is 18.1. The first-order chi connectivity index (χ1) is 14.9. The number of rotatable bonds is 2. The van der Waals surface area contributed by atoms with Crippen LogP contribution in [0.4, 0.5) is 0 Å². The molecule has 5 aliphatic carbocycles. The molecule has 7 rings (SSSR count). The Kier molecular flexibility index (Phi) is 4.12. The number of carbonyl (C=O) groups excluding carboxylic acids is 2. The average Bonchev–Trinajstić information content (AvgIpc) is 2.70. The van der Waals surface area contributed by atoms with Crippen molar-refractivity contribution in [2.45, 2.75) is 57.8 Å². The number of carbonyl (C=O) groups is 2. The van der Waals surface area contributed by atoms with Gasteiger partial charge in [0.15, 0.2) is 0 Å². The molecular formula is C27H28O4. The van der Waals surface area contributed by atoms with Gasteiger partial charge in [0.25, 0.3) is 0 Å². The maximum Gasteiger partial charge on any atom is 0.308 e. The number of esters is 2. The summed E-state index contributed by atoms with van der Waals surface area (Å²) in [5.74, 6) is 3.56. The van der Waals surface area contributed by atoms with Gasteiger partial charge in [0, 0.05) is 19.3 Å². The molecule has 0 saturated heterocycles. The molecule has 1 spiro atoms. The SMILES string of the molecule is CC(=O)Oc1ccc2c(c1)C1(c3cc(OC(C)=O)ccc3C2)C2CC3CC(C2)CC1C3. The van der Waals surface area contributed by atoms with E-state index < -0.39 is 0 Å². The van der Waals surface area contributed by atoms with Crippen molar-refractivity contribution in [2.75, 3.05) is 0 Å². The maximum atomic E-state index is 11.7. The molecule has 0 amide bonds. The van der Waals surface area contributed by atoms with Crippen molar-refractivity contribution in [3.63, 3.8) is 0 Å². The van der Waals surface area contributed by atoms with E-state index in [1.807, 2.05) is 12.1 Å². The van der Waals surface area contributed by atoms with Crippen LogP contribution in [0.5, 0.6) is 11.5 Å². The third-order valence-corrected chi connectivity index (χ3v) is 8.38. The molecular weight excluding hydrogens is 388 g/mol. The van der Waals surface area contributed by atoms with E-state index >= 15 is 0 Å². The van der Waals surface area contributed by atoms with Crippen molar-refractivity contribution in [1.29, 1.82) is 0 Å². The molecule has 0 atom stereocenters. The van der Waals surface area contributed by atoms with E-state index in [-0.39, 0.29) is 17.4 Å². The van der Waals surface area contributed by atoms with Gasteiger partial charge in [-0.1, -0.05) is 12.1 Å². The zero-order chi connectivity index (χ0) is 21.3. The second kappa shape index (κ2) is 6.69. The van der Waals surface area contributed by atoms with Gasteiger partial charge >= 0.3 is 11.9 Å². The summed E-state index contributed by atoms with van der Waals surface area (Å²) in [6, 6.07) is 12.5. The van der Waals surface area contributed by atoms with E-state index in [9.17, 15) is 9.59 Å². The normalized spacial score (nSPS) is 28.7. The van der Waals surface area contributed by atoms with Gasteiger partial charge in [0.1, 0.15) is 11.5 Å². The standard InChI is InChI=1S/C27H28O4/c1-15(28)30-23-5-3-19-12-20-4-6-24(31-16(2)29)14-26(20)27(25(19)13-23)21-8-17-7-18(10-21)11-22(27)9-17/h3-6,13-14,17-18,21-22H,7-12H2,1-2H3. The summed E-state index contributed by atoms with van der Waals surface area (Å²) in [6.45, 7) is 2.91. The molecule has 4 nitrogen and oxygen atoms in total. The smallest absolute Gasteiger partial charge is 0.308 e. The second-order valence-corrected chi connectivity index (χ2v) is 10.2. The van der Waals surface area contributed by atoms with Crippen LogP contribution < -0.4 is 9.47 Å². The molecule has 2 aromatic carbocycles. The highest BCUT2D eigenvalue weighted by Gasteiger charge is 2.60. The number of hydrogen-bond acceptors (Lipinski definition) is 4. The predicted octanol–water partition coefficient (Wildman–Crippen LogP) is 5.18. The second-order valence-electron chi connectivity index (χ2n) is 10.2. The first kappa shape index (κ1) is 19.1. The summed E-state index contributed by atoms with van der Waals surface area (Å²) in [4.78, 5) is 23.3. The molecule has 160 valence electrons. The lowest BCUT2D eigenvalue weighted by Crippen LogP contribution is -2.57. The van der Waals surface area contributed by atoms with Crippen LogP contribution >= 0.6 is 0 Å². The third-order valence-electron chi connectivity index (χ3n) is 8.38. The van der Waals surface area contributed by atoms with Crippen molar-refractivity contribution in [3.05, 3.63) is 58.7 Å². The summed E-state index contributed by atoms with van der Waals surface area (Å²) >= 11 is 0. The highest BCUT2D eigenvalue weighted by molar-refractivity contribution is 5.71. The Morgan fingerprint density at radius 1 is 0.742 bits per heavy atom. The molecule has 0 aromatic heterocycles. The van der Waals surface area contributed by atoms with E-state index in [0.29, 0.717) is 23.3 Å². The van der Waals surface area contributed by atoms with Crippen LogP contribution in [0.25, 0.3) is 0 Å².